The molecular formula is C14H11ClF2O. The Morgan fingerprint density at radius 2 is 1.72 bits per heavy atom. The van der Waals surface area contributed by atoms with Crippen LogP contribution in [-0.2, 0) is 0 Å². The van der Waals surface area contributed by atoms with E-state index in [1.54, 1.807) is 18.2 Å². The third kappa shape index (κ3) is 2.68. The van der Waals surface area contributed by atoms with E-state index in [9.17, 15) is 13.9 Å². The zero-order valence-corrected chi connectivity index (χ0v) is 10.4. The molecule has 1 nitrogen and oxygen atoms in total. The van der Waals surface area contributed by atoms with Crippen molar-refractivity contribution in [2.75, 3.05) is 0 Å². The fraction of sp³-hybridized carbons (Fsp3) is 0.143. The first kappa shape index (κ1) is 13.0. The summed E-state index contributed by atoms with van der Waals surface area (Å²) < 4.78 is 25.9. The van der Waals surface area contributed by atoms with E-state index < -0.39 is 17.7 Å². The van der Waals surface area contributed by atoms with E-state index in [1.807, 2.05) is 6.92 Å². The minimum Gasteiger partial charge on any atom is -0.384 e. The Kier molecular flexibility index (Phi) is 3.64. The summed E-state index contributed by atoms with van der Waals surface area (Å²) in [6.07, 6.45) is -1.03. The molecule has 2 aromatic carbocycles. The van der Waals surface area contributed by atoms with Crippen molar-refractivity contribution in [1.82, 2.24) is 0 Å². The lowest BCUT2D eigenvalue weighted by Gasteiger charge is -2.13. The molecule has 0 saturated carbocycles. The summed E-state index contributed by atoms with van der Waals surface area (Å²) in [6, 6.07) is 8.42. The number of benzene rings is 2. The van der Waals surface area contributed by atoms with E-state index in [0.717, 1.165) is 17.7 Å². The zero-order chi connectivity index (χ0) is 13.3. The van der Waals surface area contributed by atoms with Crippen LogP contribution in [0, 0.1) is 18.6 Å². The molecule has 1 atom stereocenters. The van der Waals surface area contributed by atoms with Crippen LogP contribution in [0.15, 0.2) is 36.4 Å². The van der Waals surface area contributed by atoms with Crippen molar-refractivity contribution in [3.8, 4) is 0 Å². The predicted molar refractivity (Wildman–Crippen MR) is 66.6 cm³/mol. The van der Waals surface area contributed by atoms with E-state index in [1.165, 1.54) is 6.07 Å². The van der Waals surface area contributed by atoms with E-state index in [4.69, 9.17) is 11.6 Å². The van der Waals surface area contributed by atoms with Gasteiger partial charge in [-0.3, -0.25) is 0 Å². The molecule has 1 unspecified atom stereocenters. The van der Waals surface area contributed by atoms with E-state index in [-0.39, 0.29) is 5.56 Å². The lowest BCUT2D eigenvalue weighted by atomic mass is 10.00. The van der Waals surface area contributed by atoms with Crippen molar-refractivity contribution in [3.05, 3.63) is 69.7 Å². The Morgan fingerprint density at radius 1 is 1.00 bits per heavy atom. The monoisotopic (exact) mass is 268 g/mol. The van der Waals surface area contributed by atoms with Crippen molar-refractivity contribution >= 4 is 11.6 Å². The number of hydrogen-bond acceptors (Lipinski definition) is 1. The summed E-state index contributed by atoms with van der Waals surface area (Å²) >= 11 is 5.89. The van der Waals surface area contributed by atoms with Crippen molar-refractivity contribution in [3.63, 3.8) is 0 Å². The van der Waals surface area contributed by atoms with Crippen LogP contribution >= 0.6 is 11.6 Å². The minimum absolute atomic E-state index is 0.288. The maximum Gasteiger partial charge on any atom is 0.159 e. The SMILES string of the molecule is Cc1cc(Cl)cc(C(O)c2ccc(F)c(F)c2)c1. The number of halogens is 3. The molecule has 94 valence electrons. The second-order valence-corrected chi connectivity index (χ2v) is 4.57. The Balaban J connectivity index is 2.40. The van der Waals surface area contributed by atoms with Gasteiger partial charge in [0.1, 0.15) is 6.10 Å². The molecule has 0 aliphatic rings. The van der Waals surface area contributed by atoms with Crippen LogP contribution in [0.2, 0.25) is 5.02 Å². The van der Waals surface area contributed by atoms with Crippen molar-refractivity contribution in [2.24, 2.45) is 0 Å². The van der Waals surface area contributed by atoms with Gasteiger partial charge >= 0.3 is 0 Å². The Hall–Kier alpha value is -1.45. The van der Waals surface area contributed by atoms with Crippen molar-refractivity contribution in [1.29, 1.82) is 0 Å². The largest absolute Gasteiger partial charge is 0.384 e. The van der Waals surface area contributed by atoms with Crippen LogP contribution in [0.3, 0.4) is 0 Å². The average Bonchev–Trinajstić information content (AvgIpc) is 2.30. The maximum absolute atomic E-state index is 13.1. The Labute approximate surface area is 109 Å². The van der Waals surface area contributed by atoms with Gasteiger partial charge in [-0.15, -0.1) is 0 Å². The highest BCUT2D eigenvalue weighted by molar-refractivity contribution is 6.30. The standard InChI is InChI=1S/C14H11ClF2O/c1-8-4-10(6-11(15)5-8)14(18)9-2-3-12(16)13(17)7-9/h2-7,14,18H,1H3. The second-order valence-electron chi connectivity index (χ2n) is 4.14. The molecule has 0 saturated heterocycles. The number of rotatable bonds is 2. The summed E-state index contributed by atoms with van der Waals surface area (Å²) in [6.45, 7) is 1.84. The van der Waals surface area contributed by atoms with Crippen LogP contribution in [-0.4, -0.2) is 5.11 Å². The van der Waals surface area contributed by atoms with Crippen LogP contribution in [0.4, 0.5) is 8.78 Å². The zero-order valence-electron chi connectivity index (χ0n) is 9.62. The lowest BCUT2D eigenvalue weighted by molar-refractivity contribution is 0.219. The summed E-state index contributed by atoms with van der Waals surface area (Å²) in [4.78, 5) is 0. The summed E-state index contributed by atoms with van der Waals surface area (Å²) in [5, 5.41) is 10.6. The smallest absolute Gasteiger partial charge is 0.159 e. The van der Waals surface area contributed by atoms with E-state index in [0.29, 0.717) is 10.6 Å². The van der Waals surface area contributed by atoms with Gasteiger partial charge in [0.05, 0.1) is 0 Å². The molecule has 0 aliphatic heterocycles. The molecule has 0 aromatic heterocycles. The van der Waals surface area contributed by atoms with Crippen molar-refractivity contribution in [2.45, 2.75) is 13.0 Å². The molecule has 0 aliphatic carbocycles. The molecule has 0 bridgehead atoms. The van der Waals surface area contributed by atoms with Gasteiger partial charge in [0.25, 0.3) is 0 Å². The van der Waals surface area contributed by atoms with Gasteiger partial charge in [0, 0.05) is 5.02 Å². The van der Waals surface area contributed by atoms with Crippen LogP contribution in [0.1, 0.15) is 22.8 Å². The van der Waals surface area contributed by atoms with Gasteiger partial charge < -0.3 is 5.11 Å². The first-order valence-corrected chi connectivity index (χ1v) is 5.75. The summed E-state index contributed by atoms with van der Waals surface area (Å²) in [5.41, 5.74) is 1.72. The van der Waals surface area contributed by atoms with Crippen LogP contribution < -0.4 is 0 Å². The minimum atomic E-state index is -1.03. The molecular weight excluding hydrogens is 258 g/mol. The van der Waals surface area contributed by atoms with Crippen LogP contribution in [0.5, 0.6) is 0 Å². The molecule has 0 spiro atoms. The molecule has 1 N–H and O–H groups in total. The molecule has 0 heterocycles. The van der Waals surface area contributed by atoms with Gasteiger partial charge in [-0.1, -0.05) is 23.7 Å². The Bertz CT molecular complexity index is 564. The predicted octanol–water partition coefficient (Wildman–Crippen LogP) is 4.01. The second kappa shape index (κ2) is 5.04. The number of hydrogen-bond donors (Lipinski definition) is 1. The topological polar surface area (TPSA) is 20.2 Å². The lowest BCUT2D eigenvalue weighted by Crippen LogP contribution is -2.01. The molecule has 0 amide bonds. The van der Waals surface area contributed by atoms with E-state index >= 15 is 0 Å². The van der Waals surface area contributed by atoms with Gasteiger partial charge in [-0.2, -0.15) is 0 Å². The first-order valence-electron chi connectivity index (χ1n) is 5.37. The highest BCUT2D eigenvalue weighted by Crippen LogP contribution is 2.26. The van der Waals surface area contributed by atoms with Gasteiger partial charge in [0.2, 0.25) is 0 Å². The van der Waals surface area contributed by atoms with Crippen LogP contribution in [0.25, 0.3) is 0 Å². The quantitative estimate of drug-likeness (QED) is 0.873. The third-order valence-electron chi connectivity index (χ3n) is 2.64. The highest BCUT2D eigenvalue weighted by atomic mass is 35.5. The molecule has 18 heavy (non-hydrogen) atoms. The Morgan fingerprint density at radius 3 is 2.33 bits per heavy atom. The molecule has 2 rings (SSSR count). The molecule has 4 heteroatoms. The average molecular weight is 269 g/mol. The van der Waals surface area contributed by atoms with Gasteiger partial charge in [-0.25, -0.2) is 8.78 Å². The number of aliphatic hydroxyl groups is 1. The third-order valence-corrected chi connectivity index (χ3v) is 2.86. The fourth-order valence-electron chi connectivity index (χ4n) is 1.80. The summed E-state index contributed by atoms with van der Waals surface area (Å²) in [5.74, 6) is -1.92. The van der Waals surface area contributed by atoms with Gasteiger partial charge in [-0.05, 0) is 47.9 Å². The normalized spacial score (nSPS) is 12.5. The molecule has 0 radical (unpaired) electrons. The van der Waals surface area contributed by atoms with Gasteiger partial charge in [0.15, 0.2) is 11.6 Å². The number of aryl methyl sites for hydroxylation is 1. The van der Waals surface area contributed by atoms with Crippen molar-refractivity contribution < 1.29 is 13.9 Å². The maximum atomic E-state index is 13.1. The molecule has 2 aromatic rings. The molecule has 0 fully saturated rings. The van der Waals surface area contributed by atoms with E-state index in [2.05, 4.69) is 0 Å². The fourth-order valence-corrected chi connectivity index (χ4v) is 2.10. The first-order chi connectivity index (χ1) is 8.47. The summed E-state index contributed by atoms with van der Waals surface area (Å²) in [7, 11) is 0. The number of aliphatic hydroxyl groups excluding tert-OH is 1. The highest BCUT2D eigenvalue weighted by Gasteiger charge is 2.13.